The number of benzene rings is 2. The SMILES string of the molecule is Clc1cccc(Cl)c1-c1coc(C2CC2)c1COC1CC2CC1N(c1nc3ccccc3s1)C2.O=C=O. The Morgan fingerprint density at radius 1 is 1.08 bits per heavy atom. The standard InChI is InChI=1S/C27H24Cl2N2O2S.CO2/c28-19-4-3-5-20(29)25(19)17-13-33-26(16-8-9-16)18(17)14-32-23-11-15-10-22(23)31(12-15)27-30-21-6-1-2-7-24(21)34-27;2-1-3/h1-7,13,15-16,22-23H,8-12,14H2;. The number of piperidine rings is 1. The molecule has 4 aromatic rings. The van der Waals surface area contributed by atoms with E-state index in [1.54, 1.807) is 11.3 Å². The van der Waals surface area contributed by atoms with E-state index in [9.17, 15) is 0 Å². The Morgan fingerprint density at radius 2 is 1.84 bits per heavy atom. The number of aromatic nitrogens is 1. The van der Waals surface area contributed by atoms with Gasteiger partial charge in [-0.3, -0.25) is 0 Å². The second kappa shape index (κ2) is 10.2. The first-order chi connectivity index (χ1) is 18.1. The normalized spacial score (nSPS) is 22.2. The summed E-state index contributed by atoms with van der Waals surface area (Å²) in [4.78, 5) is 23.6. The van der Waals surface area contributed by atoms with Crippen LogP contribution in [0.3, 0.4) is 0 Å². The molecule has 7 rings (SSSR count). The highest BCUT2D eigenvalue weighted by Gasteiger charge is 2.47. The van der Waals surface area contributed by atoms with Gasteiger partial charge in [0, 0.05) is 29.2 Å². The average molecular weight is 555 g/mol. The molecule has 3 fully saturated rings. The minimum Gasteiger partial charge on any atom is -0.468 e. The zero-order chi connectivity index (χ0) is 25.5. The number of fused-ring (bicyclic) bond motifs is 3. The van der Waals surface area contributed by atoms with E-state index in [1.165, 1.54) is 11.1 Å². The predicted octanol–water partition coefficient (Wildman–Crippen LogP) is 7.34. The van der Waals surface area contributed by atoms with E-state index in [-0.39, 0.29) is 12.3 Å². The van der Waals surface area contributed by atoms with Gasteiger partial charge in [-0.05, 0) is 55.9 Å². The maximum atomic E-state index is 8.12. The van der Waals surface area contributed by atoms with Crippen LogP contribution in [0.4, 0.5) is 5.13 Å². The van der Waals surface area contributed by atoms with Gasteiger partial charge in [0.15, 0.2) is 5.13 Å². The third-order valence-electron chi connectivity index (χ3n) is 7.50. The predicted molar refractivity (Wildman–Crippen MR) is 143 cm³/mol. The van der Waals surface area contributed by atoms with Gasteiger partial charge in [-0.1, -0.05) is 52.7 Å². The van der Waals surface area contributed by atoms with Crippen molar-refractivity contribution >= 4 is 56.0 Å². The smallest absolute Gasteiger partial charge is 0.373 e. The Morgan fingerprint density at radius 3 is 2.54 bits per heavy atom. The molecular formula is C28H24Cl2N2O4S. The lowest BCUT2D eigenvalue weighted by atomic mass is 10.0. The first-order valence-electron chi connectivity index (χ1n) is 12.3. The molecule has 3 atom stereocenters. The van der Waals surface area contributed by atoms with E-state index < -0.39 is 0 Å². The lowest BCUT2D eigenvalue weighted by molar-refractivity contribution is -0.191. The maximum Gasteiger partial charge on any atom is 0.373 e. The minimum absolute atomic E-state index is 0.183. The summed E-state index contributed by atoms with van der Waals surface area (Å²) < 4.78 is 14.0. The molecule has 37 heavy (non-hydrogen) atoms. The van der Waals surface area contributed by atoms with Gasteiger partial charge in [0.1, 0.15) is 5.76 Å². The van der Waals surface area contributed by atoms with Gasteiger partial charge in [0.05, 0.1) is 45.3 Å². The third kappa shape index (κ3) is 4.71. The van der Waals surface area contributed by atoms with Crippen LogP contribution in [0.25, 0.3) is 21.3 Å². The molecule has 2 bridgehead atoms. The van der Waals surface area contributed by atoms with Crippen molar-refractivity contribution < 1.29 is 18.7 Å². The van der Waals surface area contributed by atoms with Crippen molar-refractivity contribution in [2.24, 2.45) is 5.92 Å². The molecule has 2 saturated carbocycles. The summed E-state index contributed by atoms with van der Waals surface area (Å²) in [6, 6.07) is 14.4. The molecule has 3 unspecified atom stereocenters. The summed E-state index contributed by atoms with van der Waals surface area (Å²) in [6.07, 6.45) is 6.84. The fraction of sp³-hybridized carbons (Fsp3) is 0.357. The highest BCUT2D eigenvalue weighted by atomic mass is 35.5. The van der Waals surface area contributed by atoms with E-state index in [2.05, 4.69) is 29.2 Å². The Bertz CT molecular complexity index is 1420. The van der Waals surface area contributed by atoms with Crippen LogP contribution in [0.1, 0.15) is 42.9 Å². The van der Waals surface area contributed by atoms with Crippen LogP contribution >= 0.6 is 34.5 Å². The van der Waals surface area contributed by atoms with Crippen molar-refractivity contribution in [1.82, 2.24) is 4.98 Å². The number of para-hydroxylation sites is 1. The van der Waals surface area contributed by atoms with Crippen molar-refractivity contribution in [2.75, 3.05) is 11.4 Å². The Kier molecular flexibility index (Phi) is 6.82. The van der Waals surface area contributed by atoms with E-state index in [1.807, 2.05) is 24.5 Å². The largest absolute Gasteiger partial charge is 0.468 e. The lowest BCUT2D eigenvalue weighted by Gasteiger charge is -2.33. The zero-order valence-corrected chi connectivity index (χ0v) is 22.2. The third-order valence-corrected chi connectivity index (χ3v) is 9.20. The van der Waals surface area contributed by atoms with Gasteiger partial charge in [-0.25, -0.2) is 4.98 Å². The molecule has 3 heterocycles. The number of halogens is 2. The molecular weight excluding hydrogens is 531 g/mol. The number of carbonyl (C=O) groups excluding carboxylic acids is 2. The second-order valence-electron chi connectivity index (χ2n) is 9.82. The van der Waals surface area contributed by atoms with Gasteiger partial charge >= 0.3 is 6.15 Å². The Balaban J connectivity index is 0.000000804. The van der Waals surface area contributed by atoms with Gasteiger partial charge in [-0.2, -0.15) is 9.59 Å². The van der Waals surface area contributed by atoms with E-state index >= 15 is 0 Å². The molecule has 9 heteroatoms. The molecule has 2 aromatic carbocycles. The van der Waals surface area contributed by atoms with E-state index in [4.69, 9.17) is 46.9 Å². The molecule has 3 aliphatic rings. The van der Waals surface area contributed by atoms with Crippen molar-refractivity contribution in [3.8, 4) is 11.1 Å². The number of rotatable bonds is 6. The maximum absolute atomic E-state index is 8.12. The quantitative estimate of drug-likeness (QED) is 0.248. The van der Waals surface area contributed by atoms with Crippen LogP contribution in [-0.4, -0.2) is 29.8 Å². The van der Waals surface area contributed by atoms with Crippen LogP contribution in [0.5, 0.6) is 0 Å². The molecule has 0 N–H and O–H groups in total. The highest BCUT2D eigenvalue weighted by Crippen LogP contribution is 2.48. The molecule has 1 saturated heterocycles. The topological polar surface area (TPSA) is 72.6 Å². The van der Waals surface area contributed by atoms with Gasteiger partial charge < -0.3 is 14.1 Å². The van der Waals surface area contributed by atoms with Gasteiger partial charge in [-0.15, -0.1) is 0 Å². The second-order valence-corrected chi connectivity index (χ2v) is 11.6. The van der Waals surface area contributed by atoms with Crippen LogP contribution in [-0.2, 0) is 20.9 Å². The molecule has 2 aromatic heterocycles. The number of ether oxygens (including phenoxy) is 1. The van der Waals surface area contributed by atoms with E-state index in [0.717, 1.165) is 58.9 Å². The van der Waals surface area contributed by atoms with E-state index in [0.29, 0.717) is 34.5 Å². The zero-order valence-electron chi connectivity index (χ0n) is 19.9. The van der Waals surface area contributed by atoms with Crippen molar-refractivity contribution in [3.63, 3.8) is 0 Å². The van der Waals surface area contributed by atoms with Crippen LogP contribution in [0, 0.1) is 5.92 Å². The van der Waals surface area contributed by atoms with Gasteiger partial charge in [0.2, 0.25) is 0 Å². The number of nitrogens with zero attached hydrogens (tertiary/aromatic N) is 2. The molecule has 2 aliphatic carbocycles. The first kappa shape index (κ1) is 24.7. The van der Waals surface area contributed by atoms with Gasteiger partial charge in [0.25, 0.3) is 0 Å². The lowest BCUT2D eigenvalue weighted by Crippen LogP contribution is -2.42. The molecule has 0 spiro atoms. The summed E-state index contributed by atoms with van der Waals surface area (Å²) in [5, 5.41) is 2.39. The molecule has 0 amide bonds. The number of anilines is 1. The number of hydrogen-bond acceptors (Lipinski definition) is 7. The summed E-state index contributed by atoms with van der Waals surface area (Å²) in [6.45, 7) is 1.59. The number of thiazole rings is 1. The number of furan rings is 1. The molecule has 1 aliphatic heterocycles. The molecule has 190 valence electrons. The molecule has 6 nitrogen and oxygen atoms in total. The number of hydrogen-bond donors (Lipinski definition) is 0. The fourth-order valence-corrected chi connectivity index (χ4v) is 7.37. The highest BCUT2D eigenvalue weighted by molar-refractivity contribution is 7.22. The summed E-state index contributed by atoms with van der Waals surface area (Å²) in [5.41, 5.74) is 3.98. The van der Waals surface area contributed by atoms with Crippen LogP contribution < -0.4 is 4.90 Å². The molecule has 0 radical (unpaired) electrons. The fourth-order valence-electron chi connectivity index (χ4n) is 5.74. The van der Waals surface area contributed by atoms with Crippen LogP contribution in [0.15, 0.2) is 53.1 Å². The Labute approximate surface area is 228 Å². The summed E-state index contributed by atoms with van der Waals surface area (Å²) >= 11 is 14.9. The van der Waals surface area contributed by atoms with Crippen molar-refractivity contribution in [2.45, 2.75) is 50.4 Å². The van der Waals surface area contributed by atoms with Crippen LogP contribution in [0.2, 0.25) is 10.0 Å². The minimum atomic E-state index is 0.183. The summed E-state index contributed by atoms with van der Waals surface area (Å²) in [7, 11) is 0. The average Bonchev–Trinajstić information content (AvgIpc) is 3.23. The van der Waals surface area contributed by atoms with Crippen molar-refractivity contribution in [1.29, 1.82) is 0 Å². The Hall–Kier alpha value is -2.67. The monoisotopic (exact) mass is 554 g/mol. The van der Waals surface area contributed by atoms with Crippen molar-refractivity contribution in [3.05, 3.63) is 70.1 Å². The summed E-state index contributed by atoms with van der Waals surface area (Å²) in [5.74, 6) is 2.18. The first-order valence-corrected chi connectivity index (χ1v) is 13.9.